The molecular formula is C14H22N2OS. The number of carbonyl (C=O) groups is 1. The molecule has 1 aromatic heterocycles. The van der Waals surface area contributed by atoms with Crippen molar-refractivity contribution in [3.05, 3.63) is 10.6 Å². The number of piperidine rings is 1. The summed E-state index contributed by atoms with van der Waals surface area (Å²) < 4.78 is 0. The fraction of sp³-hybridized carbons (Fsp3) is 0.714. The van der Waals surface area contributed by atoms with Crippen molar-refractivity contribution in [2.45, 2.75) is 46.0 Å². The molecule has 18 heavy (non-hydrogen) atoms. The number of rotatable bonds is 4. The van der Waals surface area contributed by atoms with Gasteiger partial charge in [-0.15, -0.1) is 0 Å². The first-order valence-electron chi connectivity index (χ1n) is 6.86. The van der Waals surface area contributed by atoms with Crippen LogP contribution in [0.3, 0.4) is 0 Å². The van der Waals surface area contributed by atoms with Crippen LogP contribution in [0, 0.1) is 5.92 Å². The fourth-order valence-corrected chi connectivity index (χ4v) is 3.61. The number of aldehydes is 1. The molecule has 1 unspecified atom stereocenters. The predicted octanol–water partition coefficient (Wildman–Crippen LogP) is 3.71. The van der Waals surface area contributed by atoms with Gasteiger partial charge in [0.2, 0.25) is 0 Å². The van der Waals surface area contributed by atoms with Crippen LogP contribution in [0.1, 0.15) is 61.3 Å². The number of nitrogens with zero attached hydrogens (tertiary/aromatic N) is 2. The van der Waals surface area contributed by atoms with Gasteiger partial charge >= 0.3 is 0 Å². The normalized spacial score (nSPS) is 20.4. The summed E-state index contributed by atoms with van der Waals surface area (Å²) >= 11 is 1.55. The molecule has 2 rings (SSSR count). The van der Waals surface area contributed by atoms with Crippen LogP contribution in [0.4, 0.5) is 5.13 Å². The highest BCUT2D eigenvalue weighted by Gasteiger charge is 2.23. The van der Waals surface area contributed by atoms with Crippen LogP contribution in [0.2, 0.25) is 0 Å². The average Bonchev–Trinajstić information content (AvgIpc) is 2.83. The van der Waals surface area contributed by atoms with Crippen LogP contribution >= 0.6 is 11.3 Å². The molecule has 1 fully saturated rings. The topological polar surface area (TPSA) is 33.2 Å². The van der Waals surface area contributed by atoms with Gasteiger partial charge < -0.3 is 4.90 Å². The highest BCUT2D eigenvalue weighted by Crippen LogP contribution is 2.32. The van der Waals surface area contributed by atoms with Gasteiger partial charge in [0.1, 0.15) is 0 Å². The summed E-state index contributed by atoms with van der Waals surface area (Å²) in [7, 11) is 0. The van der Waals surface area contributed by atoms with Gasteiger partial charge in [-0.05, 0) is 24.7 Å². The Hall–Kier alpha value is -0.900. The smallest absolute Gasteiger partial charge is 0.186 e. The second-order valence-corrected chi connectivity index (χ2v) is 6.39. The molecule has 0 aromatic carbocycles. The van der Waals surface area contributed by atoms with Gasteiger partial charge in [0.05, 0.1) is 10.6 Å². The number of aromatic nitrogens is 1. The highest BCUT2D eigenvalue weighted by molar-refractivity contribution is 7.17. The largest absolute Gasteiger partial charge is 0.348 e. The van der Waals surface area contributed by atoms with Crippen LogP contribution in [-0.2, 0) is 0 Å². The maximum atomic E-state index is 11.1. The Morgan fingerprint density at radius 1 is 1.56 bits per heavy atom. The third-order valence-corrected chi connectivity index (χ3v) is 4.75. The molecule has 1 aromatic rings. The molecule has 2 heterocycles. The summed E-state index contributed by atoms with van der Waals surface area (Å²) in [5.41, 5.74) is 0.962. The van der Waals surface area contributed by atoms with Gasteiger partial charge in [0, 0.05) is 13.1 Å². The average molecular weight is 266 g/mol. The Morgan fingerprint density at radius 3 is 2.89 bits per heavy atom. The number of carbonyl (C=O) groups excluding carboxylic acids is 1. The van der Waals surface area contributed by atoms with Crippen molar-refractivity contribution in [2.24, 2.45) is 5.92 Å². The minimum absolute atomic E-state index is 0.321. The first kappa shape index (κ1) is 13.5. The third kappa shape index (κ3) is 2.74. The van der Waals surface area contributed by atoms with E-state index >= 15 is 0 Å². The van der Waals surface area contributed by atoms with E-state index in [0.717, 1.165) is 41.0 Å². The van der Waals surface area contributed by atoms with Crippen molar-refractivity contribution in [3.63, 3.8) is 0 Å². The molecule has 1 aliphatic rings. The van der Waals surface area contributed by atoms with Gasteiger partial charge in [-0.1, -0.05) is 38.5 Å². The van der Waals surface area contributed by atoms with Gasteiger partial charge in [0.25, 0.3) is 0 Å². The minimum atomic E-state index is 0.321. The van der Waals surface area contributed by atoms with Crippen molar-refractivity contribution in [2.75, 3.05) is 18.0 Å². The molecule has 1 saturated heterocycles. The molecular weight excluding hydrogens is 244 g/mol. The molecule has 1 aliphatic heterocycles. The molecule has 4 heteroatoms. The monoisotopic (exact) mass is 266 g/mol. The van der Waals surface area contributed by atoms with Crippen LogP contribution in [-0.4, -0.2) is 24.4 Å². The highest BCUT2D eigenvalue weighted by atomic mass is 32.1. The maximum absolute atomic E-state index is 11.1. The number of thiazole rings is 1. The molecule has 0 amide bonds. The van der Waals surface area contributed by atoms with Crippen molar-refractivity contribution in [1.29, 1.82) is 0 Å². The van der Waals surface area contributed by atoms with Crippen LogP contribution in [0.5, 0.6) is 0 Å². The van der Waals surface area contributed by atoms with E-state index in [1.807, 2.05) is 0 Å². The van der Waals surface area contributed by atoms with E-state index in [1.165, 1.54) is 19.3 Å². The Balaban J connectivity index is 2.20. The van der Waals surface area contributed by atoms with E-state index in [1.54, 1.807) is 11.3 Å². The van der Waals surface area contributed by atoms with Gasteiger partial charge in [0.15, 0.2) is 11.4 Å². The van der Waals surface area contributed by atoms with Crippen LogP contribution in [0.15, 0.2) is 0 Å². The van der Waals surface area contributed by atoms with Gasteiger partial charge in [-0.25, -0.2) is 4.98 Å². The van der Waals surface area contributed by atoms with Crippen molar-refractivity contribution < 1.29 is 4.79 Å². The number of hydrogen-bond donors (Lipinski definition) is 0. The zero-order chi connectivity index (χ0) is 13.1. The lowest BCUT2D eigenvalue weighted by atomic mass is 9.96. The fourth-order valence-electron chi connectivity index (χ4n) is 2.54. The van der Waals surface area contributed by atoms with E-state index < -0.39 is 0 Å². The maximum Gasteiger partial charge on any atom is 0.186 e. The molecule has 3 nitrogen and oxygen atoms in total. The lowest BCUT2D eigenvalue weighted by molar-refractivity contribution is 0.112. The molecule has 0 spiro atoms. The number of hydrogen-bond acceptors (Lipinski definition) is 4. The van der Waals surface area contributed by atoms with Crippen molar-refractivity contribution >= 4 is 22.8 Å². The second-order valence-electron chi connectivity index (χ2n) is 5.38. The SMILES string of the molecule is CCC1CCCN(c2nc(C(C)C)c(C=O)s2)C1. The third-order valence-electron chi connectivity index (χ3n) is 3.69. The van der Waals surface area contributed by atoms with Crippen LogP contribution in [0.25, 0.3) is 0 Å². The van der Waals surface area contributed by atoms with Gasteiger partial charge in [-0.2, -0.15) is 0 Å². The Bertz CT molecular complexity index is 414. The lowest BCUT2D eigenvalue weighted by Gasteiger charge is -2.31. The van der Waals surface area contributed by atoms with Gasteiger partial charge in [-0.3, -0.25) is 4.79 Å². The molecule has 0 aliphatic carbocycles. The Kier molecular flexibility index (Phi) is 4.38. The lowest BCUT2D eigenvalue weighted by Crippen LogP contribution is -2.35. The predicted molar refractivity (Wildman–Crippen MR) is 76.8 cm³/mol. The quantitative estimate of drug-likeness (QED) is 0.779. The first-order chi connectivity index (χ1) is 8.65. The summed E-state index contributed by atoms with van der Waals surface area (Å²) in [6.45, 7) is 8.62. The standard InChI is InChI=1S/C14H22N2OS/c1-4-11-6-5-7-16(8-11)14-15-13(10(2)3)12(9-17)18-14/h9-11H,4-8H2,1-3H3. The molecule has 0 saturated carbocycles. The summed E-state index contributed by atoms with van der Waals surface area (Å²) in [4.78, 5) is 19.0. The zero-order valence-electron chi connectivity index (χ0n) is 11.5. The summed E-state index contributed by atoms with van der Waals surface area (Å²) in [5, 5.41) is 1.04. The molecule has 100 valence electrons. The molecule has 0 bridgehead atoms. The molecule has 1 atom stereocenters. The summed E-state index contributed by atoms with van der Waals surface area (Å²) in [6, 6.07) is 0. The van der Waals surface area contributed by atoms with Crippen molar-refractivity contribution in [1.82, 2.24) is 4.98 Å². The van der Waals surface area contributed by atoms with E-state index in [0.29, 0.717) is 5.92 Å². The summed E-state index contributed by atoms with van der Waals surface area (Å²) in [6.07, 6.45) is 4.76. The number of anilines is 1. The van der Waals surface area contributed by atoms with Crippen molar-refractivity contribution in [3.8, 4) is 0 Å². The van der Waals surface area contributed by atoms with Crippen LogP contribution < -0.4 is 4.90 Å². The van der Waals surface area contributed by atoms with E-state index in [4.69, 9.17) is 0 Å². The van der Waals surface area contributed by atoms with E-state index in [2.05, 4.69) is 30.7 Å². The zero-order valence-corrected chi connectivity index (χ0v) is 12.3. The second kappa shape index (κ2) is 5.83. The Labute approximate surface area is 113 Å². The molecule has 0 radical (unpaired) electrons. The van der Waals surface area contributed by atoms with E-state index in [9.17, 15) is 4.79 Å². The summed E-state index contributed by atoms with van der Waals surface area (Å²) in [5.74, 6) is 1.10. The minimum Gasteiger partial charge on any atom is -0.348 e. The Morgan fingerprint density at radius 2 is 2.33 bits per heavy atom. The molecule has 0 N–H and O–H groups in total. The van der Waals surface area contributed by atoms with E-state index in [-0.39, 0.29) is 0 Å². The first-order valence-corrected chi connectivity index (χ1v) is 7.68.